The lowest BCUT2D eigenvalue weighted by atomic mass is 10.1. The lowest BCUT2D eigenvalue weighted by Crippen LogP contribution is -2.22. The Balaban J connectivity index is 1.66. The van der Waals surface area contributed by atoms with Gasteiger partial charge in [0.1, 0.15) is 0 Å². The van der Waals surface area contributed by atoms with Crippen molar-refractivity contribution in [1.82, 2.24) is 13.9 Å². The molecule has 3 aromatic rings. The maximum atomic E-state index is 12.6. The molecule has 1 aromatic heterocycles. The monoisotopic (exact) mass is 441 g/mol. The molecule has 31 heavy (non-hydrogen) atoms. The SMILES string of the molecule is CN(C)S(=O)(=O)c1cccc(NC(=O)c2cccc(NC(=O)CCn3ccnc3)c2)c1. The molecule has 2 N–H and O–H groups in total. The fourth-order valence-electron chi connectivity index (χ4n) is 2.76. The summed E-state index contributed by atoms with van der Waals surface area (Å²) in [5.74, 6) is -0.609. The van der Waals surface area contributed by atoms with Gasteiger partial charge in [0.05, 0.1) is 11.2 Å². The molecule has 0 aliphatic carbocycles. The van der Waals surface area contributed by atoms with Crippen LogP contribution in [0.1, 0.15) is 16.8 Å². The summed E-state index contributed by atoms with van der Waals surface area (Å²) in [5.41, 5.74) is 1.17. The molecule has 0 radical (unpaired) electrons. The smallest absolute Gasteiger partial charge is 0.255 e. The van der Waals surface area contributed by atoms with Crippen LogP contribution >= 0.6 is 0 Å². The summed E-state index contributed by atoms with van der Waals surface area (Å²) in [6, 6.07) is 12.5. The van der Waals surface area contributed by atoms with Crippen molar-refractivity contribution >= 4 is 33.2 Å². The molecule has 0 atom stereocenters. The van der Waals surface area contributed by atoms with Crippen molar-refractivity contribution in [3.63, 3.8) is 0 Å². The number of nitrogens with zero attached hydrogens (tertiary/aromatic N) is 3. The first-order chi connectivity index (χ1) is 14.8. The molecule has 0 fully saturated rings. The maximum Gasteiger partial charge on any atom is 0.255 e. The third-order valence-electron chi connectivity index (χ3n) is 4.44. The largest absolute Gasteiger partial charge is 0.337 e. The van der Waals surface area contributed by atoms with E-state index in [1.807, 2.05) is 0 Å². The predicted molar refractivity (Wildman–Crippen MR) is 117 cm³/mol. The number of aromatic nitrogens is 2. The fraction of sp³-hybridized carbons (Fsp3) is 0.190. The van der Waals surface area contributed by atoms with E-state index in [-0.39, 0.29) is 17.2 Å². The Morgan fingerprint density at radius 1 is 1.03 bits per heavy atom. The van der Waals surface area contributed by atoms with Gasteiger partial charge in [-0.3, -0.25) is 9.59 Å². The molecule has 162 valence electrons. The maximum absolute atomic E-state index is 12.6. The molecule has 0 unspecified atom stereocenters. The van der Waals surface area contributed by atoms with E-state index in [0.29, 0.717) is 23.5 Å². The van der Waals surface area contributed by atoms with E-state index in [9.17, 15) is 18.0 Å². The number of imidazole rings is 1. The molecule has 0 saturated heterocycles. The van der Waals surface area contributed by atoms with E-state index < -0.39 is 15.9 Å². The highest BCUT2D eigenvalue weighted by atomic mass is 32.2. The van der Waals surface area contributed by atoms with Crippen molar-refractivity contribution in [2.45, 2.75) is 17.9 Å². The normalized spacial score (nSPS) is 11.3. The van der Waals surface area contributed by atoms with Gasteiger partial charge in [-0.15, -0.1) is 0 Å². The molecular weight excluding hydrogens is 418 g/mol. The molecule has 2 aromatic carbocycles. The molecule has 0 spiro atoms. The van der Waals surface area contributed by atoms with Crippen LogP contribution in [0.15, 0.2) is 72.1 Å². The van der Waals surface area contributed by atoms with Crippen LogP contribution < -0.4 is 10.6 Å². The molecule has 10 heteroatoms. The molecule has 0 bridgehead atoms. The second-order valence-electron chi connectivity index (χ2n) is 6.95. The molecule has 3 rings (SSSR count). The molecule has 2 amide bonds. The Morgan fingerprint density at radius 3 is 2.42 bits per heavy atom. The number of rotatable bonds is 8. The standard InChI is InChI=1S/C21H23N5O4S/c1-25(2)31(29,30)19-8-4-7-18(14-19)24-21(28)16-5-3-6-17(13-16)23-20(27)9-11-26-12-10-22-15-26/h3-8,10,12-15H,9,11H2,1-2H3,(H,23,27)(H,24,28). The minimum Gasteiger partial charge on any atom is -0.337 e. The number of benzene rings is 2. The minimum atomic E-state index is -3.61. The zero-order valence-corrected chi connectivity index (χ0v) is 18.0. The zero-order chi connectivity index (χ0) is 22.4. The highest BCUT2D eigenvalue weighted by Crippen LogP contribution is 2.19. The highest BCUT2D eigenvalue weighted by Gasteiger charge is 2.18. The summed E-state index contributed by atoms with van der Waals surface area (Å²) in [4.78, 5) is 28.8. The van der Waals surface area contributed by atoms with Gasteiger partial charge in [-0.05, 0) is 36.4 Å². The van der Waals surface area contributed by atoms with Crippen molar-refractivity contribution in [2.75, 3.05) is 24.7 Å². The van der Waals surface area contributed by atoms with Crippen LogP contribution in [0, 0.1) is 0 Å². The topological polar surface area (TPSA) is 113 Å². The highest BCUT2D eigenvalue weighted by molar-refractivity contribution is 7.89. The Hall–Kier alpha value is -3.50. The Kier molecular flexibility index (Phi) is 6.83. The quantitative estimate of drug-likeness (QED) is 0.557. The molecule has 0 saturated carbocycles. The van der Waals surface area contributed by atoms with E-state index in [2.05, 4.69) is 15.6 Å². The number of carbonyl (C=O) groups excluding carboxylic acids is 2. The second kappa shape index (κ2) is 9.54. The first-order valence-electron chi connectivity index (χ1n) is 9.45. The second-order valence-corrected chi connectivity index (χ2v) is 9.10. The number of aryl methyl sites for hydroxylation is 1. The van der Waals surface area contributed by atoms with Crippen LogP contribution in [-0.2, 0) is 21.4 Å². The van der Waals surface area contributed by atoms with Gasteiger partial charge in [-0.2, -0.15) is 0 Å². The van der Waals surface area contributed by atoms with Crippen LogP contribution in [0.5, 0.6) is 0 Å². The number of amides is 2. The number of anilines is 2. The van der Waals surface area contributed by atoms with Crippen molar-refractivity contribution in [2.24, 2.45) is 0 Å². The van der Waals surface area contributed by atoms with Gasteiger partial charge in [0, 0.05) is 56.4 Å². The van der Waals surface area contributed by atoms with E-state index in [1.165, 1.54) is 26.2 Å². The van der Waals surface area contributed by atoms with Gasteiger partial charge >= 0.3 is 0 Å². The number of carbonyl (C=O) groups is 2. The molecule has 1 heterocycles. The van der Waals surface area contributed by atoms with E-state index in [4.69, 9.17) is 0 Å². The first kappa shape index (κ1) is 22.2. The summed E-state index contributed by atoms with van der Waals surface area (Å²) in [6.07, 6.45) is 5.32. The lowest BCUT2D eigenvalue weighted by molar-refractivity contribution is -0.116. The lowest BCUT2D eigenvalue weighted by Gasteiger charge is -2.13. The molecular formula is C21H23N5O4S. The minimum absolute atomic E-state index is 0.0780. The number of nitrogens with one attached hydrogen (secondary N) is 2. The number of sulfonamides is 1. The van der Waals surface area contributed by atoms with Crippen LogP contribution in [0.2, 0.25) is 0 Å². The molecule has 9 nitrogen and oxygen atoms in total. The van der Waals surface area contributed by atoms with Gasteiger partial charge in [-0.25, -0.2) is 17.7 Å². The van der Waals surface area contributed by atoms with Gasteiger partial charge in [0.25, 0.3) is 5.91 Å². The van der Waals surface area contributed by atoms with Gasteiger partial charge in [0.2, 0.25) is 15.9 Å². The average molecular weight is 442 g/mol. The molecule has 0 aliphatic heterocycles. The Morgan fingerprint density at radius 2 is 1.74 bits per heavy atom. The number of hydrogen-bond donors (Lipinski definition) is 2. The van der Waals surface area contributed by atoms with Crippen LogP contribution in [0.4, 0.5) is 11.4 Å². The first-order valence-corrected chi connectivity index (χ1v) is 10.9. The van der Waals surface area contributed by atoms with E-state index in [0.717, 1.165) is 4.31 Å². The molecule has 0 aliphatic rings. The number of hydrogen-bond acceptors (Lipinski definition) is 5. The Labute approximate surface area is 180 Å². The van der Waals surface area contributed by atoms with Crippen molar-refractivity contribution in [1.29, 1.82) is 0 Å². The third kappa shape index (κ3) is 5.77. The van der Waals surface area contributed by atoms with Gasteiger partial charge in [-0.1, -0.05) is 12.1 Å². The predicted octanol–water partition coefficient (Wildman–Crippen LogP) is 2.41. The summed E-state index contributed by atoms with van der Waals surface area (Å²) < 4.78 is 27.5. The van der Waals surface area contributed by atoms with Crippen molar-refractivity contribution in [3.8, 4) is 0 Å². The zero-order valence-electron chi connectivity index (χ0n) is 17.1. The summed E-state index contributed by atoms with van der Waals surface area (Å²) >= 11 is 0. The van der Waals surface area contributed by atoms with E-state index >= 15 is 0 Å². The summed E-state index contributed by atoms with van der Waals surface area (Å²) in [5, 5.41) is 5.46. The van der Waals surface area contributed by atoms with Crippen molar-refractivity contribution in [3.05, 3.63) is 72.8 Å². The van der Waals surface area contributed by atoms with Crippen LogP contribution in [-0.4, -0.2) is 48.2 Å². The summed E-state index contributed by atoms with van der Waals surface area (Å²) in [7, 11) is -0.732. The Bertz CT molecular complexity index is 1170. The van der Waals surface area contributed by atoms with Gasteiger partial charge in [0.15, 0.2) is 0 Å². The van der Waals surface area contributed by atoms with Crippen LogP contribution in [0.3, 0.4) is 0 Å². The van der Waals surface area contributed by atoms with Crippen molar-refractivity contribution < 1.29 is 18.0 Å². The van der Waals surface area contributed by atoms with Gasteiger partial charge < -0.3 is 15.2 Å². The summed E-state index contributed by atoms with van der Waals surface area (Å²) in [6.45, 7) is 0.498. The fourth-order valence-corrected chi connectivity index (χ4v) is 3.71. The van der Waals surface area contributed by atoms with Crippen LogP contribution in [0.25, 0.3) is 0 Å². The average Bonchev–Trinajstić information content (AvgIpc) is 3.26. The third-order valence-corrected chi connectivity index (χ3v) is 6.25. The van der Waals surface area contributed by atoms with E-state index in [1.54, 1.807) is 59.7 Å².